The second-order valence-electron chi connectivity index (χ2n) is 6.17. The fourth-order valence-electron chi connectivity index (χ4n) is 1.84. The Balaban J connectivity index is 3.05. The lowest BCUT2D eigenvalue weighted by Gasteiger charge is -2.22. The Morgan fingerprint density at radius 1 is 1.25 bits per heavy atom. The van der Waals surface area contributed by atoms with Crippen LogP contribution in [-0.4, -0.2) is 27.7 Å². The zero-order valence-corrected chi connectivity index (χ0v) is 13.1. The van der Waals surface area contributed by atoms with Crippen LogP contribution < -0.4 is 16.6 Å². The number of nitrogens with one attached hydrogen (secondary N) is 2. The number of hydrogen-bond donors (Lipinski definition) is 4. The smallest absolute Gasteiger partial charge is 0.148 e. The normalized spacial score (nSPS) is 13.2. The van der Waals surface area contributed by atoms with E-state index >= 15 is 0 Å². The third-order valence-corrected chi connectivity index (χ3v) is 3.13. The highest BCUT2D eigenvalue weighted by molar-refractivity contribution is 5.57. The van der Waals surface area contributed by atoms with Gasteiger partial charge in [0, 0.05) is 23.6 Å². The maximum Gasteiger partial charge on any atom is 0.148 e. The van der Waals surface area contributed by atoms with Gasteiger partial charge in [0.2, 0.25) is 0 Å². The van der Waals surface area contributed by atoms with Crippen LogP contribution in [0.1, 0.15) is 51.9 Å². The summed E-state index contributed by atoms with van der Waals surface area (Å²) in [5.41, 5.74) is 3.38. The minimum atomic E-state index is -0.149. The molecule has 1 atom stereocenters. The molecule has 0 amide bonds. The van der Waals surface area contributed by atoms with Gasteiger partial charge in [-0.1, -0.05) is 20.8 Å². The molecule has 1 aromatic rings. The molecule has 0 aliphatic carbocycles. The molecule has 6 heteroatoms. The monoisotopic (exact) mass is 281 g/mol. The van der Waals surface area contributed by atoms with Gasteiger partial charge in [0.25, 0.3) is 0 Å². The zero-order valence-electron chi connectivity index (χ0n) is 13.1. The molecule has 0 aliphatic heterocycles. The number of aromatic nitrogens is 2. The van der Waals surface area contributed by atoms with E-state index in [0.29, 0.717) is 5.82 Å². The average molecular weight is 281 g/mol. The van der Waals surface area contributed by atoms with Crippen LogP contribution in [0.5, 0.6) is 0 Å². The summed E-state index contributed by atoms with van der Waals surface area (Å²) in [6.45, 7) is 10.4. The average Bonchev–Trinajstić information content (AvgIpc) is 2.37. The fraction of sp³-hybridized carbons (Fsp3) is 0.714. The molecule has 1 rings (SSSR count). The molecule has 5 N–H and O–H groups in total. The number of aliphatic hydroxyl groups excluding tert-OH is 1. The first-order valence-corrected chi connectivity index (χ1v) is 7.02. The van der Waals surface area contributed by atoms with Gasteiger partial charge in [-0.3, -0.25) is 0 Å². The summed E-state index contributed by atoms with van der Waals surface area (Å²) < 4.78 is 0. The molecular formula is C14H27N5O. The molecule has 0 aliphatic rings. The number of aliphatic hydroxyl groups is 1. The van der Waals surface area contributed by atoms with Gasteiger partial charge in [-0.05, 0) is 26.7 Å². The van der Waals surface area contributed by atoms with Gasteiger partial charge in [-0.15, -0.1) is 0 Å². The number of nitrogen functional groups attached to an aromatic ring is 1. The van der Waals surface area contributed by atoms with Crippen LogP contribution in [0.3, 0.4) is 0 Å². The standard InChI is InChI=1S/C14H27N5O/c1-9(7-6-8-20)16-11-10(2)12(19-15)18-13(17-11)14(3,4)5/h9,20H,6-8,15H2,1-5H3,(H2,16,17,18,19). The van der Waals surface area contributed by atoms with Crippen molar-refractivity contribution in [3.63, 3.8) is 0 Å². The summed E-state index contributed by atoms with van der Waals surface area (Å²) in [7, 11) is 0. The number of nitrogens with two attached hydrogens (primary N) is 1. The summed E-state index contributed by atoms with van der Waals surface area (Å²) in [5.74, 6) is 7.72. The topological polar surface area (TPSA) is 96.1 Å². The number of hydrazine groups is 1. The molecule has 0 radical (unpaired) electrons. The first kappa shape index (κ1) is 16.7. The lowest BCUT2D eigenvalue weighted by Crippen LogP contribution is -2.24. The van der Waals surface area contributed by atoms with E-state index in [1.807, 2.05) is 6.92 Å². The molecule has 1 heterocycles. The third kappa shape index (κ3) is 4.31. The van der Waals surface area contributed by atoms with Crippen molar-refractivity contribution in [1.82, 2.24) is 9.97 Å². The van der Waals surface area contributed by atoms with Crippen molar-refractivity contribution < 1.29 is 5.11 Å². The molecule has 0 fully saturated rings. The molecule has 1 aromatic heterocycles. The number of rotatable bonds is 6. The van der Waals surface area contributed by atoms with E-state index in [9.17, 15) is 0 Å². The van der Waals surface area contributed by atoms with Crippen LogP contribution in [0.15, 0.2) is 0 Å². The minimum Gasteiger partial charge on any atom is -0.396 e. The van der Waals surface area contributed by atoms with Crippen molar-refractivity contribution in [1.29, 1.82) is 0 Å². The maximum absolute atomic E-state index is 8.89. The Morgan fingerprint density at radius 3 is 2.35 bits per heavy atom. The fourth-order valence-corrected chi connectivity index (χ4v) is 1.84. The van der Waals surface area contributed by atoms with E-state index in [4.69, 9.17) is 10.9 Å². The van der Waals surface area contributed by atoms with Crippen LogP contribution in [-0.2, 0) is 5.41 Å². The van der Waals surface area contributed by atoms with Gasteiger partial charge >= 0.3 is 0 Å². The second-order valence-corrected chi connectivity index (χ2v) is 6.17. The predicted molar refractivity (Wildman–Crippen MR) is 82.7 cm³/mol. The lowest BCUT2D eigenvalue weighted by molar-refractivity contribution is 0.282. The molecule has 20 heavy (non-hydrogen) atoms. The van der Waals surface area contributed by atoms with E-state index in [2.05, 4.69) is 48.4 Å². The lowest BCUT2D eigenvalue weighted by atomic mass is 9.95. The number of anilines is 2. The summed E-state index contributed by atoms with van der Waals surface area (Å²) in [6.07, 6.45) is 1.66. The quantitative estimate of drug-likeness (QED) is 0.470. The highest BCUT2D eigenvalue weighted by Crippen LogP contribution is 2.26. The Bertz CT molecular complexity index is 442. The first-order chi connectivity index (χ1) is 9.29. The summed E-state index contributed by atoms with van der Waals surface area (Å²) in [4.78, 5) is 9.08. The predicted octanol–water partition coefficient (Wildman–Crippen LogP) is 1.94. The van der Waals surface area contributed by atoms with E-state index in [1.54, 1.807) is 0 Å². The molecule has 0 saturated carbocycles. The third-order valence-electron chi connectivity index (χ3n) is 3.13. The first-order valence-electron chi connectivity index (χ1n) is 7.02. The molecule has 0 spiro atoms. The van der Waals surface area contributed by atoms with E-state index in [1.165, 1.54) is 0 Å². The van der Waals surface area contributed by atoms with Crippen molar-refractivity contribution in [2.75, 3.05) is 17.3 Å². The highest BCUT2D eigenvalue weighted by atomic mass is 16.2. The van der Waals surface area contributed by atoms with E-state index in [0.717, 1.165) is 30.0 Å². The van der Waals surface area contributed by atoms with Gasteiger partial charge < -0.3 is 15.8 Å². The van der Waals surface area contributed by atoms with Crippen molar-refractivity contribution in [2.24, 2.45) is 5.84 Å². The molecule has 0 aromatic carbocycles. The largest absolute Gasteiger partial charge is 0.396 e. The van der Waals surface area contributed by atoms with E-state index < -0.39 is 0 Å². The van der Waals surface area contributed by atoms with E-state index in [-0.39, 0.29) is 18.1 Å². The molecule has 0 bridgehead atoms. The molecule has 6 nitrogen and oxygen atoms in total. The van der Waals surface area contributed by atoms with Gasteiger partial charge in [-0.25, -0.2) is 15.8 Å². The van der Waals surface area contributed by atoms with Gasteiger partial charge in [0.1, 0.15) is 17.5 Å². The SMILES string of the molecule is Cc1c(NN)nc(C(C)(C)C)nc1NC(C)CCCO. The summed E-state index contributed by atoms with van der Waals surface area (Å²) in [6, 6.07) is 0.231. The van der Waals surface area contributed by atoms with Crippen LogP contribution in [0.2, 0.25) is 0 Å². The Morgan fingerprint density at radius 2 is 1.85 bits per heavy atom. The van der Waals surface area contributed by atoms with Gasteiger partial charge in [0.05, 0.1) is 0 Å². The molecule has 0 saturated heterocycles. The van der Waals surface area contributed by atoms with Gasteiger partial charge in [-0.2, -0.15) is 0 Å². The highest BCUT2D eigenvalue weighted by Gasteiger charge is 2.21. The summed E-state index contributed by atoms with van der Waals surface area (Å²) >= 11 is 0. The van der Waals surface area contributed by atoms with Gasteiger partial charge in [0.15, 0.2) is 0 Å². The Hall–Kier alpha value is -1.40. The molecule has 1 unspecified atom stereocenters. The number of hydrogen-bond acceptors (Lipinski definition) is 6. The van der Waals surface area contributed by atoms with Crippen molar-refractivity contribution in [3.05, 3.63) is 11.4 Å². The molecular weight excluding hydrogens is 254 g/mol. The van der Waals surface area contributed by atoms with Crippen molar-refractivity contribution in [3.8, 4) is 0 Å². The van der Waals surface area contributed by atoms with Crippen LogP contribution in [0.4, 0.5) is 11.6 Å². The molecule has 114 valence electrons. The second kappa shape index (κ2) is 6.85. The number of nitrogens with zero attached hydrogens (tertiary/aromatic N) is 2. The Labute approximate surface area is 121 Å². The summed E-state index contributed by atoms with van der Waals surface area (Å²) in [5, 5.41) is 12.3. The van der Waals surface area contributed by atoms with Crippen molar-refractivity contribution in [2.45, 2.75) is 58.9 Å². The van der Waals surface area contributed by atoms with Crippen LogP contribution in [0.25, 0.3) is 0 Å². The Kier molecular flexibility index (Phi) is 5.71. The minimum absolute atomic E-state index is 0.149. The zero-order chi connectivity index (χ0) is 15.3. The van der Waals surface area contributed by atoms with Crippen molar-refractivity contribution >= 4 is 11.6 Å². The van der Waals surface area contributed by atoms with Crippen LogP contribution in [0, 0.1) is 6.92 Å². The van der Waals surface area contributed by atoms with Crippen LogP contribution >= 0.6 is 0 Å². The maximum atomic E-state index is 8.89.